The predicted molar refractivity (Wildman–Crippen MR) is 262 cm³/mol. The van der Waals surface area contributed by atoms with E-state index in [2.05, 4.69) is 36.7 Å². The number of aromatic nitrogens is 2. The molecule has 2 aromatic carbocycles. The summed E-state index contributed by atoms with van der Waals surface area (Å²) in [7, 11) is 7.65. The number of rotatable bonds is 15. The Balaban J connectivity index is 1.08. The summed E-state index contributed by atoms with van der Waals surface area (Å²) in [6.07, 6.45) is 6.98. The summed E-state index contributed by atoms with van der Waals surface area (Å²) in [6.45, 7) is 7.37. The van der Waals surface area contributed by atoms with Crippen LogP contribution >= 0.6 is 21.6 Å². The standard InChI is InChI=1S/C50H63N7O9S2/c1-6-47(62)18-12-22-56(30-47)24-17-32-31-14-8-9-15-35(31)52-40(32)39(41(58)65-5)33-28-34-36(29-37(33)64-4)55(3)43-49(34)20-25-57-23-13-19-48(7-2,42(49)57)44(59)50(43,63)45(60)53-54-46(61)66-26-27-67-68-38-16-10-11-21-51-38/h8-11,13-16,19,21,28-29,39,42-44,52,59,62-63H,6-7,12,17-18,20,22-27,30H2,1-5H3,(H,53,60)(H,54,61)/t39-,42-,43+,44+,47?,48+,49+,50-/m0/s1. The highest BCUT2D eigenvalue weighted by molar-refractivity contribution is 8.76. The first-order valence-corrected chi connectivity index (χ1v) is 25.9. The maximum Gasteiger partial charge on any atom is 0.426 e. The monoisotopic (exact) mass is 969 g/mol. The fraction of sp³-hybridized carbons (Fsp3) is 0.520. The second kappa shape index (κ2) is 19.2. The lowest BCUT2D eigenvalue weighted by molar-refractivity contribution is -0.204. The van der Waals surface area contributed by atoms with Gasteiger partial charge in [0.1, 0.15) is 29.4 Å². The number of hydrogen-bond donors (Lipinski definition) is 6. The molecule has 8 atom stereocenters. The number of nitrogens with one attached hydrogen (secondary N) is 3. The number of fused-ring (bicyclic) bond motifs is 2. The van der Waals surface area contributed by atoms with Gasteiger partial charge in [-0.25, -0.2) is 15.2 Å². The number of carbonyl (C=O) groups is 3. The maximum absolute atomic E-state index is 14.8. The number of aliphatic hydroxyl groups excluding tert-OH is 1. The molecule has 1 unspecified atom stereocenters. The number of aromatic amines is 1. The number of nitrogens with zero attached hydrogens (tertiary/aromatic N) is 4. The minimum absolute atomic E-state index is 0.0443. The van der Waals surface area contributed by atoms with Crippen molar-refractivity contribution in [3.05, 3.63) is 95.3 Å². The van der Waals surface area contributed by atoms with Gasteiger partial charge in [0.25, 0.3) is 5.91 Å². The molecule has 6 heterocycles. The molecule has 9 rings (SSSR count). The molecule has 0 bridgehead atoms. The van der Waals surface area contributed by atoms with Gasteiger partial charge in [-0.1, -0.05) is 61.1 Å². The molecule has 1 spiro atoms. The van der Waals surface area contributed by atoms with Crippen LogP contribution in [0.25, 0.3) is 10.9 Å². The van der Waals surface area contributed by atoms with Gasteiger partial charge >= 0.3 is 12.1 Å². The quantitative estimate of drug-likeness (QED) is 0.0304. The van der Waals surface area contributed by atoms with Crippen molar-refractivity contribution in [3.8, 4) is 5.75 Å². The van der Waals surface area contributed by atoms with Gasteiger partial charge in [0.15, 0.2) is 5.60 Å². The largest absolute Gasteiger partial charge is 0.496 e. The zero-order chi connectivity index (χ0) is 48.0. The van der Waals surface area contributed by atoms with E-state index in [1.807, 2.05) is 79.4 Å². The number of likely N-dealkylation sites (N-methyl/N-ethyl adjacent to an activating group) is 1. The molecule has 2 aromatic heterocycles. The number of likely N-dealkylation sites (tertiary alicyclic amines) is 1. The minimum atomic E-state index is -2.49. The summed E-state index contributed by atoms with van der Waals surface area (Å²) in [5.74, 6) is -1.59. The number of piperidine rings is 1. The van der Waals surface area contributed by atoms with Crippen LogP contribution in [0.2, 0.25) is 0 Å². The summed E-state index contributed by atoms with van der Waals surface area (Å²) < 4.78 is 17.2. The Morgan fingerprint density at radius 1 is 1.01 bits per heavy atom. The van der Waals surface area contributed by atoms with E-state index in [0.717, 1.165) is 46.4 Å². The summed E-state index contributed by atoms with van der Waals surface area (Å²) >= 11 is 0. The molecule has 68 heavy (non-hydrogen) atoms. The van der Waals surface area contributed by atoms with Crippen LogP contribution < -0.4 is 20.5 Å². The van der Waals surface area contributed by atoms with Crippen molar-refractivity contribution >= 4 is 56.1 Å². The van der Waals surface area contributed by atoms with E-state index in [4.69, 9.17) is 14.2 Å². The molecule has 3 fully saturated rings. The molecule has 4 aliphatic heterocycles. The number of ether oxygens (including phenoxy) is 3. The number of β-amino-alcohol motifs (C(OH)–C–C–N with tert-alkyl or cyclic N) is 1. The fourth-order valence-corrected chi connectivity index (χ4v) is 14.4. The van der Waals surface area contributed by atoms with Crippen molar-refractivity contribution in [2.45, 2.75) is 98.1 Å². The normalized spacial score (nSPS) is 28.9. The number of pyridine rings is 1. The van der Waals surface area contributed by atoms with Crippen LogP contribution in [-0.2, 0) is 30.9 Å². The number of benzene rings is 2. The SMILES string of the molecule is CCC1(O)CCCN(CCc2c([C@@H](C(=O)OC)c3cc4c(cc3OC)N(C)[C@H]3[C@@](O)(C(=O)NNC(=O)OCCSSc5ccccn5)[C@H](O)[C@]5(CC)C=CCN6CC[C@]43[C@@H]65)[nH]c3ccccc23)C1. The Kier molecular flexibility index (Phi) is 13.6. The Bertz CT molecular complexity index is 2570. The molecule has 16 nitrogen and oxygen atoms in total. The number of aliphatic hydroxyl groups is 3. The molecule has 2 saturated heterocycles. The number of methoxy groups -OCH3 is 2. The molecule has 6 N–H and O–H groups in total. The van der Waals surface area contributed by atoms with E-state index in [1.54, 1.807) is 20.4 Å². The van der Waals surface area contributed by atoms with E-state index < -0.39 is 58.1 Å². The molecule has 2 amide bonds. The molecule has 1 saturated carbocycles. The number of amides is 2. The highest BCUT2D eigenvalue weighted by Gasteiger charge is 2.78. The lowest BCUT2D eigenvalue weighted by Crippen LogP contribution is -2.82. The van der Waals surface area contributed by atoms with Gasteiger partial charge < -0.3 is 44.3 Å². The Morgan fingerprint density at radius 3 is 2.57 bits per heavy atom. The van der Waals surface area contributed by atoms with Gasteiger partial charge in [-0.05, 0) is 97.8 Å². The van der Waals surface area contributed by atoms with Crippen LogP contribution in [-0.4, -0.2) is 149 Å². The highest BCUT2D eigenvalue weighted by atomic mass is 33.1. The zero-order valence-corrected chi connectivity index (χ0v) is 41.0. The molecule has 5 aliphatic rings. The summed E-state index contributed by atoms with van der Waals surface area (Å²) in [5, 5.41) is 39.1. The summed E-state index contributed by atoms with van der Waals surface area (Å²) in [5.41, 5.74) is 4.02. The van der Waals surface area contributed by atoms with Crippen molar-refractivity contribution in [1.82, 2.24) is 30.6 Å². The maximum atomic E-state index is 14.8. The molecule has 1 aliphatic carbocycles. The van der Waals surface area contributed by atoms with Gasteiger partial charge in [0.05, 0.1) is 25.9 Å². The van der Waals surface area contributed by atoms with Gasteiger partial charge in [0, 0.05) is 89.4 Å². The molecule has 0 radical (unpaired) electrons. The van der Waals surface area contributed by atoms with Gasteiger partial charge in [-0.3, -0.25) is 19.9 Å². The summed E-state index contributed by atoms with van der Waals surface area (Å²) in [4.78, 5) is 56.7. The van der Waals surface area contributed by atoms with E-state index >= 15 is 0 Å². The second-order valence-electron chi connectivity index (χ2n) is 18.9. The lowest BCUT2D eigenvalue weighted by atomic mass is 9.47. The van der Waals surface area contributed by atoms with Gasteiger partial charge in [-0.15, -0.1) is 0 Å². The van der Waals surface area contributed by atoms with Crippen molar-refractivity contribution < 1.29 is 43.9 Å². The fourth-order valence-electron chi connectivity index (χ4n) is 12.6. The molecular weight excluding hydrogens is 907 g/mol. The number of anilines is 1. The minimum Gasteiger partial charge on any atom is -0.496 e. The predicted octanol–water partition coefficient (Wildman–Crippen LogP) is 5.06. The third-order valence-electron chi connectivity index (χ3n) is 15.7. The number of para-hydroxylation sites is 1. The number of hydrazine groups is 1. The van der Waals surface area contributed by atoms with Crippen molar-refractivity contribution in [2.75, 3.05) is 71.3 Å². The summed E-state index contributed by atoms with van der Waals surface area (Å²) in [6, 6.07) is 16.1. The van der Waals surface area contributed by atoms with Crippen LogP contribution in [0, 0.1) is 5.41 Å². The lowest BCUT2D eigenvalue weighted by Gasteiger charge is -2.63. The molecule has 18 heteroatoms. The highest BCUT2D eigenvalue weighted by Crippen LogP contribution is 2.67. The van der Waals surface area contributed by atoms with Crippen LogP contribution in [0.5, 0.6) is 5.75 Å². The average Bonchev–Trinajstić information content (AvgIpc) is 4.01. The second-order valence-corrected chi connectivity index (χ2v) is 21.4. The van der Waals surface area contributed by atoms with Crippen LogP contribution in [0.3, 0.4) is 0 Å². The number of hydrogen-bond acceptors (Lipinski definition) is 15. The topological polar surface area (TPSA) is 202 Å². The van der Waals surface area contributed by atoms with Gasteiger partial charge in [-0.2, -0.15) is 0 Å². The number of H-pyrrole nitrogens is 1. The number of esters is 1. The van der Waals surface area contributed by atoms with Crippen molar-refractivity contribution in [1.29, 1.82) is 0 Å². The third kappa shape index (κ3) is 7.93. The van der Waals surface area contributed by atoms with E-state index in [1.165, 1.54) is 28.7 Å². The molecule has 364 valence electrons. The van der Waals surface area contributed by atoms with Crippen LogP contribution in [0.1, 0.15) is 74.3 Å². The van der Waals surface area contributed by atoms with Crippen LogP contribution in [0.15, 0.2) is 78.0 Å². The van der Waals surface area contributed by atoms with Crippen molar-refractivity contribution in [3.63, 3.8) is 0 Å². The van der Waals surface area contributed by atoms with E-state index in [9.17, 15) is 29.7 Å². The zero-order valence-electron chi connectivity index (χ0n) is 39.3. The van der Waals surface area contributed by atoms with E-state index in [-0.39, 0.29) is 12.6 Å². The van der Waals surface area contributed by atoms with Crippen LogP contribution in [0.4, 0.5) is 10.5 Å². The first kappa shape index (κ1) is 48.2. The molecular formula is C50H63N7O9S2. The van der Waals surface area contributed by atoms with Gasteiger partial charge in [0.2, 0.25) is 0 Å². The first-order chi connectivity index (χ1) is 32.8. The number of carbonyl (C=O) groups excluding carboxylic acids is 3. The Labute approximate surface area is 404 Å². The van der Waals surface area contributed by atoms with Crippen molar-refractivity contribution in [2.24, 2.45) is 5.41 Å². The first-order valence-electron chi connectivity index (χ1n) is 23.6. The Hall–Kier alpha value is -4.82. The smallest absolute Gasteiger partial charge is 0.426 e. The molecule has 4 aromatic rings. The average molecular weight is 970 g/mol. The third-order valence-corrected chi connectivity index (χ3v) is 17.9. The Morgan fingerprint density at radius 2 is 1.82 bits per heavy atom. The van der Waals surface area contributed by atoms with E-state index in [0.29, 0.717) is 80.3 Å².